The van der Waals surface area contributed by atoms with Gasteiger partial charge in [-0.1, -0.05) is 13.8 Å². The number of carboxylic acids is 1. The van der Waals surface area contributed by atoms with E-state index in [1.54, 1.807) is 0 Å². The normalized spacial score (nSPS) is 19.6. The van der Waals surface area contributed by atoms with Crippen molar-refractivity contribution in [2.75, 3.05) is 13.1 Å². The van der Waals surface area contributed by atoms with Crippen molar-refractivity contribution in [2.24, 2.45) is 11.8 Å². The van der Waals surface area contributed by atoms with Gasteiger partial charge in [0.2, 0.25) is 5.91 Å². The van der Waals surface area contributed by atoms with Crippen LogP contribution in [-0.2, 0) is 9.59 Å². The number of nitrogens with one attached hydrogen (secondary N) is 2. The van der Waals surface area contributed by atoms with Crippen LogP contribution in [0, 0.1) is 11.8 Å². The molecule has 0 saturated carbocycles. The standard InChI is InChI=1S/C11H20N2O3/c1-3-9(4-10(14)15)13-11(16)7(2)8-5-12-6-8/h7-9,12H,3-6H2,1-2H3,(H,13,16)(H,14,15). The van der Waals surface area contributed by atoms with Gasteiger partial charge in [-0.2, -0.15) is 0 Å². The van der Waals surface area contributed by atoms with Crippen LogP contribution < -0.4 is 10.6 Å². The molecule has 0 spiro atoms. The van der Waals surface area contributed by atoms with Gasteiger partial charge in [-0.05, 0) is 25.4 Å². The Bertz CT molecular complexity index is 264. The monoisotopic (exact) mass is 228 g/mol. The molecule has 1 amide bonds. The molecule has 0 aliphatic carbocycles. The Morgan fingerprint density at radius 1 is 1.50 bits per heavy atom. The lowest BCUT2D eigenvalue weighted by atomic mass is 9.88. The summed E-state index contributed by atoms with van der Waals surface area (Å²) in [5.41, 5.74) is 0. The van der Waals surface area contributed by atoms with Gasteiger partial charge in [0.15, 0.2) is 0 Å². The summed E-state index contributed by atoms with van der Waals surface area (Å²) in [5, 5.41) is 14.6. The molecule has 0 bridgehead atoms. The summed E-state index contributed by atoms with van der Waals surface area (Å²) in [6.45, 7) is 5.53. The zero-order chi connectivity index (χ0) is 12.1. The highest BCUT2D eigenvalue weighted by Gasteiger charge is 2.29. The third-order valence-electron chi connectivity index (χ3n) is 3.19. The van der Waals surface area contributed by atoms with Gasteiger partial charge >= 0.3 is 5.97 Å². The van der Waals surface area contributed by atoms with Gasteiger partial charge in [0.1, 0.15) is 0 Å². The topological polar surface area (TPSA) is 78.4 Å². The SMILES string of the molecule is CCC(CC(=O)O)NC(=O)C(C)C1CNC1. The van der Waals surface area contributed by atoms with Crippen LogP contribution in [0.25, 0.3) is 0 Å². The zero-order valence-electron chi connectivity index (χ0n) is 9.82. The van der Waals surface area contributed by atoms with Gasteiger partial charge in [-0.25, -0.2) is 0 Å². The number of carbonyl (C=O) groups excluding carboxylic acids is 1. The number of hydrogen-bond donors (Lipinski definition) is 3. The summed E-state index contributed by atoms with van der Waals surface area (Å²) < 4.78 is 0. The van der Waals surface area contributed by atoms with Crippen LogP contribution in [0.15, 0.2) is 0 Å². The third kappa shape index (κ3) is 3.48. The molecule has 1 aliphatic heterocycles. The van der Waals surface area contributed by atoms with E-state index in [1.807, 2.05) is 13.8 Å². The van der Waals surface area contributed by atoms with E-state index in [1.165, 1.54) is 0 Å². The second-order valence-corrected chi connectivity index (χ2v) is 4.42. The van der Waals surface area contributed by atoms with Crippen LogP contribution in [0.4, 0.5) is 0 Å². The molecule has 5 nitrogen and oxygen atoms in total. The van der Waals surface area contributed by atoms with Crippen LogP contribution in [0.5, 0.6) is 0 Å². The number of carboxylic acid groups (broad SMARTS) is 1. The van der Waals surface area contributed by atoms with E-state index in [0.29, 0.717) is 12.3 Å². The molecule has 0 aromatic rings. The molecule has 0 radical (unpaired) electrons. The molecule has 16 heavy (non-hydrogen) atoms. The Balaban J connectivity index is 2.37. The van der Waals surface area contributed by atoms with Crippen molar-refractivity contribution in [3.8, 4) is 0 Å². The maximum Gasteiger partial charge on any atom is 0.305 e. The van der Waals surface area contributed by atoms with Gasteiger partial charge in [-0.3, -0.25) is 9.59 Å². The van der Waals surface area contributed by atoms with E-state index in [-0.39, 0.29) is 24.3 Å². The summed E-state index contributed by atoms with van der Waals surface area (Å²) in [7, 11) is 0. The second-order valence-electron chi connectivity index (χ2n) is 4.42. The minimum atomic E-state index is -0.870. The molecule has 92 valence electrons. The molecular weight excluding hydrogens is 208 g/mol. The molecule has 5 heteroatoms. The van der Waals surface area contributed by atoms with Gasteiger partial charge in [0, 0.05) is 12.0 Å². The summed E-state index contributed by atoms with van der Waals surface area (Å²) in [5.74, 6) is -0.545. The lowest BCUT2D eigenvalue weighted by Gasteiger charge is -2.32. The molecular formula is C11H20N2O3. The Labute approximate surface area is 95.6 Å². The summed E-state index contributed by atoms with van der Waals surface area (Å²) >= 11 is 0. The smallest absolute Gasteiger partial charge is 0.305 e. The molecule has 2 atom stereocenters. The Hall–Kier alpha value is -1.10. The van der Waals surface area contributed by atoms with Gasteiger partial charge in [0.05, 0.1) is 6.42 Å². The van der Waals surface area contributed by atoms with Crippen molar-refractivity contribution in [2.45, 2.75) is 32.7 Å². The number of carbonyl (C=O) groups is 2. The summed E-state index contributed by atoms with van der Waals surface area (Å²) in [4.78, 5) is 22.4. The van der Waals surface area contributed by atoms with Crippen molar-refractivity contribution in [1.82, 2.24) is 10.6 Å². The fourth-order valence-electron chi connectivity index (χ4n) is 1.72. The van der Waals surface area contributed by atoms with E-state index < -0.39 is 5.97 Å². The van der Waals surface area contributed by atoms with Gasteiger partial charge in [-0.15, -0.1) is 0 Å². The predicted molar refractivity (Wildman–Crippen MR) is 60.0 cm³/mol. The van der Waals surface area contributed by atoms with Crippen molar-refractivity contribution in [3.05, 3.63) is 0 Å². The lowest BCUT2D eigenvalue weighted by Crippen LogP contribution is -2.51. The highest BCUT2D eigenvalue weighted by atomic mass is 16.4. The average molecular weight is 228 g/mol. The van der Waals surface area contributed by atoms with Crippen LogP contribution in [0.3, 0.4) is 0 Å². The molecule has 1 fully saturated rings. The zero-order valence-corrected chi connectivity index (χ0v) is 9.82. The van der Waals surface area contributed by atoms with Crippen molar-refractivity contribution >= 4 is 11.9 Å². The highest BCUT2D eigenvalue weighted by molar-refractivity contribution is 5.79. The minimum Gasteiger partial charge on any atom is -0.481 e. The first kappa shape index (κ1) is 13.0. The molecule has 1 saturated heterocycles. The number of aliphatic carboxylic acids is 1. The molecule has 1 heterocycles. The molecule has 2 unspecified atom stereocenters. The fraction of sp³-hybridized carbons (Fsp3) is 0.818. The number of hydrogen-bond acceptors (Lipinski definition) is 3. The van der Waals surface area contributed by atoms with E-state index >= 15 is 0 Å². The highest BCUT2D eigenvalue weighted by Crippen LogP contribution is 2.16. The van der Waals surface area contributed by atoms with E-state index in [2.05, 4.69) is 10.6 Å². The third-order valence-corrected chi connectivity index (χ3v) is 3.19. The van der Waals surface area contributed by atoms with E-state index in [9.17, 15) is 9.59 Å². The Morgan fingerprint density at radius 2 is 2.12 bits per heavy atom. The minimum absolute atomic E-state index is 0.00211. The van der Waals surface area contributed by atoms with Crippen molar-refractivity contribution < 1.29 is 14.7 Å². The largest absolute Gasteiger partial charge is 0.481 e. The first-order valence-electron chi connectivity index (χ1n) is 5.77. The molecule has 0 aromatic heterocycles. The van der Waals surface area contributed by atoms with E-state index in [4.69, 9.17) is 5.11 Å². The Morgan fingerprint density at radius 3 is 2.50 bits per heavy atom. The second kappa shape index (κ2) is 5.84. The Kier molecular flexibility index (Phi) is 4.73. The molecule has 3 N–H and O–H groups in total. The van der Waals surface area contributed by atoms with Crippen LogP contribution in [0.1, 0.15) is 26.7 Å². The van der Waals surface area contributed by atoms with E-state index in [0.717, 1.165) is 13.1 Å². The maximum absolute atomic E-state index is 11.8. The summed E-state index contributed by atoms with van der Waals surface area (Å²) in [6.07, 6.45) is 0.644. The molecule has 1 aliphatic rings. The first-order chi connectivity index (χ1) is 7.54. The van der Waals surface area contributed by atoms with Crippen LogP contribution in [-0.4, -0.2) is 36.1 Å². The van der Waals surface area contributed by atoms with Gasteiger partial charge in [0.25, 0.3) is 0 Å². The predicted octanol–water partition coefficient (Wildman–Crippen LogP) is 0.211. The number of rotatable bonds is 6. The average Bonchev–Trinajstić information content (AvgIpc) is 2.13. The quantitative estimate of drug-likeness (QED) is 0.607. The maximum atomic E-state index is 11.8. The number of amides is 1. The lowest BCUT2D eigenvalue weighted by molar-refractivity contribution is -0.138. The summed E-state index contributed by atoms with van der Waals surface area (Å²) in [6, 6.07) is -0.250. The van der Waals surface area contributed by atoms with Gasteiger partial charge < -0.3 is 15.7 Å². The van der Waals surface area contributed by atoms with Crippen LogP contribution in [0.2, 0.25) is 0 Å². The molecule has 1 rings (SSSR count). The molecule has 0 aromatic carbocycles. The first-order valence-corrected chi connectivity index (χ1v) is 5.77. The van der Waals surface area contributed by atoms with Crippen LogP contribution >= 0.6 is 0 Å². The van der Waals surface area contributed by atoms with Crippen molar-refractivity contribution in [1.29, 1.82) is 0 Å². The van der Waals surface area contributed by atoms with Crippen molar-refractivity contribution in [3.63, 3.8) is 0 Å². The fourth-order valence-corrected chi connectivity index (χ4v) is 1.72.